The molecule has 134 valence electrons. The molecule has 2 aromatic carbocycles. The lowest BCUT2D eigenvalue weighted by molar-refractivity contribution is -0.118. The number of rotatable bonds is 7. The van der Waals surface area contributed by atoms with Crippen molar-refractivity contribution in [3.63, 3.8) is 0 Å². The predicted octanol–water partition coefficient (Wildman–Crippen LogP) is 4.54. The largest absolute Gasteiger partial charge is 0.483 e. The summed E-state index contributed by atoms with van der Waals surface area (Å²) in [7, 11) is 0. The van der Waals surface area contributed by atoms with Gasteiger partial charge in [0.25, 0.3) is 5.91 Å². The summed E-state index contributed by atoms with van der Waals surface area (Å²) >= 11 is 0. The van der Waals surface area contributed by atoms with Crippen LogP contribution in [0.5, 0.6) is 5.75 Å². The fraction of sp³-hybridized carbons (Fsp3) is 0.238. The highest BCUT2D eigenvalue weighted by Crippen LogP contribution is 2.29. The molecule has 1 aromatic heterocycles. The van der Waals surface area contributed by atoms with Crippen molar-refractivity contribution in [2.75, 3.05) is 11.9 Å². The summed E-state index contributed by atoms with van der Waals surface area (Å²) in [6.07, 6.45) is 2.62. The van der Waals surface area contributed by atoms with E-state index in [2.05, 4.69) is 24.3 Å². The molecule has 26 heavy (non-hydrogen) atoms. The SMILES string of the molecule is CCC(C)n1nccc1NC(=O)COc1ccccc1-c1ccccc1. The maximum absolute atomic E-state index is 12.3. The number of hydrogen-bond acceptors (Lipinski definition) is 3. The van der Waals surface area contributed by atoms with Crippen LogP contribution in [0, 0.1) is 0 Å². The van der Waals surface area contributed by atoms with Gasteiger partial charge in [-0.2, -0.15) is 5.10 Å². The maximum Gasteiger partial charge on any atom is 0.263 e. The van der Waals surface area contributed by atoms with E-state index in [-0.39, 0.29) is 18.6 Å². The number of benzene rings is 2. The summed E-state index contributed by atoms with van der Waals surface area (Å²) in [5.74, 6) is 1.16. The minimum absolute atomic E-state index is 0.0600. The van der Waals surface area contributed by atoms with Crippen LogP contribution < -0.4 is 10.1 Å². The van der Waals surface area contributed by atoms with Gasteiger partial charge in [-0.3, -0.25) is 4.79 Å². The third kappa shape index (κ3) is 4.11. The van der Waals surface area contributed by atoms with Gasteiger partial charge in [-0.25, -0.2) is 4.68 Å². The van der Waals surface area contributed by atoms with Gasteiger partial charge < -0.3 is 10.1 Å². The molecule has 3 aromatic rings. The molecule has 0 aliphatic carbocycles. The molecule has 1 amide bonds. The molecule has 0 fully saturated rings. The second-order valence-corrected chi connectivity index (χ2v) is 6.12. The maximum atomic E-state index is 12.3. The van der Waals surface area contributed by atoms with Crippen LogP contribution >= 0.6 is 0 Å². The number of carbonyl (C=O) groups excluding carboxylic acids is 1. The first-order valence-electron chi connectivity index (χ1n) is 8.79. The van der Waals surface area contributed by atoms with E-state index in [1.807, 2.05) is 59.3 Å². The first-order chi connectivity index (χ1) is 12.7. The second-order valence-electron chi connectivity index (χ2n) is 6.12. The first kappa shape index (κ1) is 17.7. The molecule has 0 aliphatic heterocycles. The Morgan fingerprint density at radius 2 is 1.85 bits per heavy atom. The number of para-hydroxylation sites is 1. The van der Waals surface area contributed by atoms with Crippen LogP contribution in [0.25, 0.3) is 11.1 Å². The van der Waals surface area contributed by atoms with E-state index in [9.17, 15) is 4.79 Å². The summed E-state index contributed by atoms with van der Waals surface area (Å²) in [6, 6.07) is 19.7. The molecule has 0 aliphatic rings. The number of anilines is 1. The smallest absolute Gasteiger partial charge is 0.263 e. The lowest BCUT2D eigenvalue weighted by Crippen LogP contribution is -2.23. The van der Waals surface area contributed by atoms with E-state index in [1.165, 1.54) is 0 Å². The van der Waals surface area contributed by atoms with Crippen LogP contribution in [0.4, 0.5) is 5.82 Å². The Morgan fingerprint density at radius 1 is 1.12 bits per heavy atom. The lowest BCUT2D eigenvalue weighted by atomic mass is 10.1. The zero-order valence-electron chi connectivity index (χ0n) is 15.1. The van der Waals surface area contributed by atoms with Gasteiger partial charge in [-0.1, -0.05) is 55.5 Å². The second kappa shape index (κ2) is 8.34. The highest BCUT2D eigenvalue weighted by atomic mass is 16.5. The van der Waals surface area contributed by atoms with Gasteiger partial charge in [0.2, 0.25) is 0 Å². The molecule has 0 bridgehead atoms. The van der Waals surface area contributed by atoms with Crippen LogP contribution in [-0.4, -0.2) is 22.3 Å². The van der Waals surface area contributed by atoms with E-state index < -0.39 is 0 Å². The Morgan fingerprint density at radius 3 is 2.62 bits per heavy atom. The molecule has 0 saturated carbocycles. The molecule has 5 heteroatoms. The Bertz CT molecular complexity index is 858. The fourth-order valence-electron chi connectivity index (χ4n) is 2.71. The topological polar surface area (TPSA) is 56.2 Å². The first-order valence-corrected chi connectivity index (χ1v) is 8.79. The number of amides is 1. The Kier molecular flexibility index (Phi) is 5.69. The number of carbonyl (C=O) groups is 1. The third-order valence-electron chi connectivity index (χ3n) is 4.28. The van der Waals surface area contributed by atoms with Crippen LogP contribution in [0.2, 0.25) is 0 Å². The number of nitrogens with one attached hydrogen (secondary N) is 1. The van der Waals surface area contributed by atoms with E-state index in [4.69, 9.17) is 4.74 Å². The van der Waals surface area contributed by atoms with Crippen molar-refractivity contribution >= 4 is 11.7 Å². The van der Waals surface area contributed by atoms with Crippen molar-refractivity contribution < 1.29 is 9.53 Å². The molecule has 5 nitrogen and oxygen atoms in total. The number of hydrogen-bond donors (Lipinski definition) is 1. The Labute approximate surface area is 153 Å². The van der Waals surface area contributed by atoms with Gasteiger partial charge in [0, 0.05) is 11.6 Å². The van der Waals surface area contributed by atoms with Crippen molar-refractivity contribution in [1.29, 1.82) is 0 Å². The lowest BCUT2D eigenvalue weighted by Gasteiger charge is -2.15. The molecule has 3 rings (SSSR count). The Hall–Kier alpha value is -3.08. The molecule has 1 atom stereocenters. The average Bonchev–Trinajstić information content (AvgIpc) is 3.14. The fourth-order valence-corrected chi connectivity index (χ4v) is 2.71. The molecule has 0 spiro atoms. The van der Waals surface area contributed by atoms with Crippen molar-refractivity contribution in [2.45, 2.75) is 26.3 Å². The van der Waals surface area contributed by atoms with Crippen LogP contribution in [-0.2, 0) is 4.79 Å². The minimum Gasteiger partial charge on any atom is -0.483 e. The molecule has 0 saturated heterocycles. The van der Waals surface area contributed by atoms with E-state index >= 15 is 0 Å². The zero-order valence-corrected chi connectivity index (χ0v) is 15.1. The third-order valence-corrected chi connectivity index (χ3v) is 4.28. The van der Waals surface area contributed by atoms with E-state index in [0.717, 1.165) is 17.5 Å². The predicted molar refractivity (Wildman–Crippen MR) is 103 cm³/mol. The van der Waals surface area contributed by atoms with Crippen LogP contribution in [0.15, 0.2) is 66.9 Å². The summed E-state index contributed by atoms with van der Waals surface area (Å²) in [6.45, 7) is 4.09. The van der Waals surface area contributed by atoms with Gasteiger partial charge in [-0.05, 0) is 25.0 Å². The van der Waals surface area contributed by atoms with Gasteiger partial charge in [0.05, 0.1) is 12.2 Å². The van der Waals surface area contributed by atoms with Crippen molar-refractivity contribution in [3.8, 4) is 16.9 Å². The van der Waals surface area contributed by atoms with Crippen molar-refractivity contribution in [1.82, 2.24) is 9.78 Å². The summed E-state index contributed by atoms with van der Waals surface area (Å²) in [5.41, 5.74) is 2.02. The van der Waals surface area contributed by atoms with E-state index in [1.54, 1.807) is 12.3 Å². The average molecular weight is 349 g/mol. The molecule has 0 radical (unpaired) electrons. The molecular formula is C21H23N3O2. The standard InChI is InChI=1S/C21H23N3O2/c1-3-16(2)24-20(13-14-22-24)23-21(25)15-26-19-12-8-7-11-18(19)17-9-5-4-6-10-17/h4-14,16H,3,15H2,1-2H3,(H,23,25). The molecule has 1 heterocycles. The molecular weight excluding hydrogens is 326 g/mol. The summed E-state index contributed by atoms with van der Waals surface area (Å²) in [5, 5.41) is 7.14. The number of nitrogens with zero attached hydrogens (tertiary/aromatic N) is 2. The monoisotopic (exact) mass is 349 g/mol. The van der Waals surface area contributed by atoms with Gasteiger partial charge in [0.1, 0.15) is 11.6 Å². The van der Waals surface area contributed by atoms with Gasteiger partial charge in [-0.15, -0.1) is 0 Å². The van der Waals surface area contributed by atoms with Crippen molar-refractivity contribution in [2.24, 2.45) is 0 Å². The summed E-state index contributed by atoms with van der Waals surface area (Å²) < 4.78 is 7.60. The molecule has 1 N–H and O–H groups in total. The van der Waals surface area contributed by atoms with Gasteiger partial charge >= 0.3 is 0 Å². The molecule has 1 unspecified atom stereocenters. The van der Waals surface area contributed by atoms with Crippen LogP contribution in [0.1, 0.15) is 26.3 Å². The zero-order chi connectivity index (χ0) is 18.4. The van der Waals surface area contributed by atoms with Crippen molar-refractivity contribution in [3.05, 3.63) is 66.9 Å². The van der Waals surface area contributed by atoms with Gasteiger partial charge in [0.15, 0.2) is 6.61 Å². The highest BCUT2D eigenvalue weighted by molar-refractivity contribution is 5.91. The normalized spacial score (nSPS) is 11.8. The Balaban J connectivity index is 1.67. The number of ether oxygens (including phenoxy) is 1. The quantitative estimate of drug-likeness (QED) is 0.681. The van der Waals surface area contributed by atoms with Crippen LogP contribution in [0.3, 0.4) is 0 Å². The minimum atomic E-state index is -0.210. The number of aromatic nitrogens is 2. The summed E-state index contributed by atoms with van der Waals surface area (Å²) in [4.78, 5) is 12.3. The van der Waals surface area contributed by atoms with E-state index in [0.29, 0.717) is 11.6 Å². The highest BCUT2D eigenvalue weighted by Gasteiger charge is 2.12.